The van der Waals surface area contributed by atoms with Gasteiger partial charge < -0.3 is 14.8 Å². The Kier molecular flexibility index (Phi) is 9.87. The van der Waals surface area contributed by atoms with Crippen molar-refractivity contribution in [3.05, 3.63) is 62.5 Å². The summed E-state index contributed by atoms with van der Waals surface area (Å²) in [5.41, 5.74) is 0.264. The molecule has 11 heteroatoms. The number of nitro groups is 1. The fraction of sp³-hybridized carbons (Fsp3) is 0.278. The molecule has 1 unspecified atom stereocenters. The normalized spacial score (nSPS) is 15.2. The smallest absolute Gasteiger partial charge is 0.337 e. The maximum Gasteiger partial charge on any atom is 0.337 e. The molecule has 1 aliphatic heterocycles. The van der Waals surface area contributed by atoms with Crippen LogP contribution >= 0.6 is 24.8 Å². The van der Waals surface area contributed by atoms with Crippen LogP contribution in [-0.4, -0.2) is 30.6 Å². The predicted octanol–water partition coefficient (Wildman–Crippen LogP) is 2.91. The number of methoxy groups -OCH3 is 1. The zero-order valence-corrected chi connectivity index (χ0v) is 17.4. The molecule has 0 fully saturated rings. The Labute approximate surface area is 179 Å². The summed E-state index contributed by atoms with van der Waals surface area (Å²) in [7, 11) is 1.14. The third kappa shape index (κ3) is 5.25. The van der Waals surface area contributed by atoms with E-state index in [0.29, 0.717) is 11.3 Å². The third-order valence-electron chi connectivity index (χ3n) is 3.99. The second-order valence-electron chi connectivity index (χ2n) is 5.56. The van der Waals surface area contributed by atoms with Crippen molar-refractivity contribution in [1.82, 2.24) is 5.32 Å². The molecule has 29 heavy (non-hydrogen) atoms. The summed E-state index contributed by atoms with van der Waals surface area (Å²) in [6, 6.07) is 7.39. The molecule has 9 nitrogen and oxygen atoms in total. The van der Waals surface area contributed by atoms with Crippen molar-refractivity contribution in [2.75, 3.05) is 13.7 Å². The van der Waals surface area contributed by atoms with Crippen molar-refractivity contribution in [1.29, 1.82) is 5.26 Å². The molecule has 156 valence electrons. The van der Waals surface area contributed by atoms with E-state index in [1.54, 1.807) is 13.8 Å². The summed E-state index contributed by atoms with van der Waals surface area (Å²) in [6.07, 6.45) is 0. The average molecular weight is 444 g/mol. The largest absolute Gasteiger partial charge is 0.466 e. The van der Waals surface area contributed by atoms with E-state index in [0.717, 1.165) is 7.11 Å². The zero-order valence-electron chi connectivity index (χ0n) is 15.8. The number of ether oxygens (including phenoxy) is 2. The molecular formula is C18H19Cl2N3O6. The number of nitrogens with one attached hydrogen (secondary N) is 1. The number of halogens is 2. The van der Waals surface area contributed by atoms with Crippen molar-refractivity contribution in [2.45, 2.75) is 19.8 Å². The molecule has 0 amide bonds. The van der Waals surface area contributed by atoms with Gasteiger partial charge in [-0.05, 0) is 19.4 Å². The summed E-state index contributed by atoms with van der Waals surface area (Å²) in [4.78, 5) is 35.5. The molecule has 0 aromatic heterocycles. The third-order valence-corrected chi connectivity index (χ3v) is 3.99. The van der Waals surface area contributed by atoms with Gasteiger partial charge in [-0.15, -0.1) is 24.8 Å². The van der Waals surface area contributed by atoms with Gasteiger partial charge in [0.1, 0.15) is 11.8 Å². The fourth-order valence-electron chi connectivity index (χ4n) is 2.88. The van der Waals surface area contributed by atoms with Gasteiger partial charge in [0.15, 0.2) is 0 Å². The summed E-state index contributed by atoms with van der Waals surface area (Å²) in [5.74, 6) is -2.57. The fourth-order valence-corrected chi connectivity index (χ4v) is 2.88. The van der Waals surface area contributed by atoms with Gasteiger partial charge in [0.2, 0.25) is 0 Å². The van der Waals surface area contributed by atoms with Crippen LogP contribution in [0.5, 0.6) is 0 Å². The van der Waals surface area contributed by atoms with Gasteiger partial charge in [-0.25, -0.2) is 9.59 Å². The molecule has 1 aliphatic rings. The molecule has 0 bridgehead atoms. The van der Waals surface area contributed by atoms with Gasteiger partial charge in [-0.1, -0.05) is 12.1 Å². The van der Waals surface area contributed by atoms with Crippen molar-refractivity contribution in [3.8, 4) is 6.07 Å². The van der Waals surface area contributed by atoms with Crippen LogP contribution in [0.25, 0.3) is 0 Å². The first-order chi connectivity index (χ1) is 12.8. The lowest BCUT2D eigenvalue weighted by Crippen LogP contribution is -2.32. The van der Waals surface area contributed by atoms with E-state index in [1.807, 2.05) is 6.07 Å². The quantitative estimate of drug-likeness (QED) is 0.417. The average Bonchev–Trinajstić information content (AvgIpc) is 2.66. The first kappa shape index (κ1) is 25.9. The van der Waals surface area contributed by atoms with E-state index in [9.17, 15) is 25.0 Å². The molecule has 1 heterocycles. The number of carbonyl (C=O) groups excluding carboxylic acids is 2. The maximum absolute atomic E-state index is 12.6. The van der Waals surface area contributed by atoms with Crippen LogP contribution in [0.4, 0.5) is 5.69 Å². The van der Waals surface area contributed by atoms with E-state index in [1.165, 1.54) is 24.3 Å². The molecule has 1 aromatic carbocycles. The number of benzene rings is 1. The molecule has 2 rings (SSSR count). The molecule has 1 N–H and O–H groups in total. The first-order valence-corrected chi connectivity index (χ1v) is 7.97. The van der Waals surface area contributed by atoms with Crippen molar-refractivity contribution in [3.63, 3.8) is 0 Å². The highest BCUT2D eigenvalue weighted by Crippen LogP contribution is 2.40. The summed E-state index contributed by atoms with van der Waals surface area (Å²) in [5, 5.41) is 23.3. The van der Waals surface area contributed by atoms with E-state index in [4.69, 9.17) is 9.47 Å². The number of dihydropyridines is 1. The Bertz CT molecular complexity index is 920. The predicted molar refractivity (Wildman–Crippen MR) is 107 cm³/mol. The molecule has 0 aliphatic carbocycles. The number of allylic oxidation sites excluding steroid dienone is 2. The van der Waals surface area contributed by atoms with Crippen LogP contribution in [0.2, 0.25) is 0 Å². The number of esters is 2. The van der Waals surface area contributed by atoms with Crippen LogP contribution in [-0.2, 0) is 19.1 Å². The monoisotopic (exact) mass is 443 g/mol. The first-order valence-electron chi connectivity index (χ1n) is 7.97. The second-order valence-corrected chi connectivity index (χ2v) is 5.56. The molecule has 1 aromatic rings. The van der Waals surface area contributed by atoms with Gasteiger partial charge in [-0.2, -0.15) is 5.26 Å². The highest BCUT2D eigenvalue weighted by Gasteiger charge is 2.39. The molecule has 1 atom stereocenters. The van der Waals surface area contributed by atoms with E-state index in [-0.39, 0.29) is 54.0 Å². The van der Waals surface area contributed by atoms with Crippen molar-refractivity contribution >= 4 is 42.4 Å². The minimum atomic E-state index is -1.05. The Hall–Kier alpha value is -3.09. The molecule has 0 saturated heterocycles. The molecular weight excluding hydrogens is 425 g/mol. The Morgan fingerprint density at radius 2 is 1.93 bits per heavy atom. The number of hydrogen-bond donors (Lipinski definition) is 1. The van der Waals surface area contributed by atoms with Crippen LogP contribution in [0.3, 0.4) is 0 Å². The summed E-state index contributed by atoms with van der Waals surface area (Å²) in [6.45, 7) is 3.28. The SMILES string of the molecule is CCOC(=O)C1=C(C)NC(C#N)=C(C(=O)OC)C1c1cccc([N+](=O)[O-])c1.Cl.Cl. The van der Waals surface area contributed by atoms with Gasteiger partial charge in [-0.3, -0.25) is 10.1 Å². The van der Waals surface area contributed by atoms with E-state index >= 15 is 0 Å². The molecule has 0 spiro atoms. The van der Waals surface area contributed by atoms with Crippen LogP contribution in [0, 0.1) is 21.4 Å². The number of rotatable bonds is 5. The lowest BCUT2D eigenvalue weighted by molar-refractivity contribution is -0.384. The highest BCUT2D eigenvalue weighted by atomic mass is 35.5. The Morgan fingerprint density at radius 3 is 2.45 bits per heavy atom. The number of nitrogens with zero attached hydrogens (tertiary/aromatic N) is 2. The summed E-state index contributed by atoms with van der Waals surface area (Å²) >= 11 is 0. The molecule has 0 radical (unpaired) electrons. The molecule has 0 saturated carbocycles. The van der Waals surface area contributed by atoms with Gasteiger partial charge >= 0.3 is 11.9 Å². The van der Waals surface area contributed by atoms with Gasteiger partial charge in [0, 0.05) is 17.8 Å². The number of nitriles is 1. The topological polar surface area (TPSA) is 132 Å². The Morgan fingerprint density at radius 1 is 1.28 bits per heavy atom. The van der Waals surface area contributed by atoms with Gasteiger partial charge in [0.05, 0.1) is 35.7 Å². The number of nitro benzene ring substituents is 1. The number of non-ortho nitro benzene ring substituents is 1. The Balaban J connectivity index is 0.00000392. The lowest BCUT2D eigenvalue weighted by atomic mass is 9.80. The second kappa shape index (κ2) is 11.0. The van der Waals surface area contributed by atoms with Crippen LogP contribution in [0.1, 0.15) is 25.3 Å². The van der Waals surface area contributed by atoms with E-state index in [2.05, 4.69) is 5.32 Å². The van der Waals surface area contributed by atoms with E-state index < -0.39 is 22.8 Å². The lowest BCUT2D eigenvalue weighted by Gasteiger charge is -2.29. The van der Waals surface area contributed by atoms with Crippen LogP contribution < -0.4 is 5.32 Å². The maximum atomic E-state index is 12.6. The number of carbonyl (C=O) groups is 2. The number of hydrogen-bond acceptors (Lipinski definition) is 8. The minimum absolute atomic E-state index is 0. The zero-order chi connectivity index (χ0) is 20.1. The summed E-state index contributed by atoms with van der Waals surface area (Å²) < 4.78 is 9.86. The standard InChI is InChI=1S/C18H17N3O6.2ClH/c1-4-27-18(23)14-10(2)20-13(9-19)16(17(22)26-3)15(14)11-6-5-7-12(8-11)21(24)25;;/h5-8,15,20H,4H2,1-3H3;2*1H. The van der Waals surface area contributed by atoms with Crippen LogP contribution in [0.15, 0.2) is 46.8 Å². The van der Waals surface area contributed by atoms with Crippen molar-refractivity contribution in [2.24, 2.45) is 0 Å². The van der Waals surface area contributed by atoms with Crippen molar-refractivity contribution < 1.29 is 24.0 Å². The minimum Gasteiger partial charge on any atom is -0.466 e. The van der Waals surface area contributed by atoms with Gasteiger partial charge in [0.25, 0.3) is 5.69 Å². The highest BCUT2D eigenvalue weighted by molar-refractivity contribution is 6.00.